The first-order valence-electron chi connectivity index (χ1n) is 8.95. The molecule has 0 bridgehead atoms. The maximum absolute atomic E-state index is 13.6. The van der Waals surface area contributed by atoms with Crippen molar-refractivity contribution in [3.05, 3.63) is 54.0 Å². The minimum atomic E-state index is -0.371. The van der Waals surface area contributed by atoms with Gasteiger partial charge in [-0.1, -0.05) is 18.2 Å². The second kappa shape index (κ2) is 12.4. The van der Waals surface area contributed by atoms with Crippen LogP contribution in [0.5, 0.6) is 11.6 Å². The van der Waals surface area contributed by atoms with E-state index < -0.39 is 0 Å². The lowest BCUT2D eigenvalue weighted by Crippen LogP contribution is -2.41. The minimum absolute atomic E-state index is 0. The van der Waals surface area contributed by atoms with Gasteiger partial charge in [0.2, 0.25) is 5.88 Å². The Morgan fingerprint density at radius 2 is 1.86 bits per heavy atom. The van der Waals surface area contributed by atoms with Crippen molar-refractivity contribution in [3.8, 4) is 11.6 Å². The molecule has 1 unspecified atom stereocenters. The van der Waals surface area contributed by atoms with Crippen molar-refractivity contribution >= 4 is 29.9 Å². The van der Waals surface area contributed by atoms with Crippen LogP contribution in [0.3, 0.4) is 0 Å². The number of para-hydroxylation sites is 1. The number of ether oxygens (including phenoxy) is 2. The van der Waals surface area contributed by atoms with Gasteiger partial charge in [-0.3, -0.25) is 4.99 Å². The van der Waals surface area contributed by atoms with E-state index in [1.54, 1.807) is 31.4 Å². The summed E-state index contributed by atoms with van der Waals surface area (Å²) < 4.78 is 24.8. The number of hydrogen-bond donors (Lipinski definition) is 2. The lowest BCUT2D eigenvalue weighted by atomic mass is 10.3. The molecule has 28 heavy (non-hydrogen) atoms. The minimum Gasteiger partial charge on any atom is -0.486 e. The van der Waals surface area contributed by atoms with Crippen LogP contribution in [0.25, 0.3) is 0 Å². The Kier molecular flexibility index (Phi) is 10.6. The number of nitrogens with one attached hydrogen (secondary N) is 2. The van der Waals surface area contributed by atoms with Gasteiger partial charge in [0.1, 0.15) is 6.10 Å². The summed E-state index contributed by atoms with van der Waals surface area (Å²) in [4.78, 5) is 8.45. The quantitative estimate of drug-likeness (QED) is 0.327. The zero-order chi connectivity index (χ0) is 19.6. The maximum atomic E-state index is 13.6. The third-order valence-corrected chi connectivity index (χ3v) is 3.56. The molecule has 8 heteroatoms. The summed E-state index contributed by atoms with van der Waals surface area (Å²) in [5.41, 5.74) is 1.00. The average Bonchev–Trinajstić information content (AvgIpc) is 2.64. The zero-order valence-corrected chi connectivity index (χ0v) is 18.9. The van der Waals surface area contributed by atoms with Gasteiger partial charge in [0.25, 0.3) is 0 Å². The molecule has 0 saturated carbocycles. The van der Waals surface area contributed by atoms with E-state index in [1.807, 2.05) is 32.9 Å². The van der Waals surface area contributed by atoms with Crippen LogP contribution in [0.4, 0.5) is 4.39 Å². The number of aromatic nitrogens is 1. The average molecular weight is 502 g/mol. The van der Waals surface area contributed by atoms with Gasteiger partial charge in [-0.2, -0.15) is 0 Å². The molecular weight excluding hydrogens is 474 g/mol. The number of pyridine rings is 1. The molecule has 0 aliphatic carbocycles. The van der Waals surface area contributed by atoms with E-state index in [1.165, 1.54) is 6.07 Å². The van der Waals surface area contributed by atoms with E-state index >= 15 is 0 Å². The third kappa shape index (κ3) is 8.28. The molecule has 2 rings (SSSR count). The van der Waals surface area contributed by atoms with Gasteiger partial charge in [-0.15, -0.1) is 24.0 Å². The summed E-state index contributed by atoms with van der Waals surface area (Å²) >= 11 is 0. The Bertz CT molecular complexity index is 741. The van der Waals surface area contributed by atoms with Crippen molar-refractivity contribution in [2.75, 3.05) is 13.6 Å². The number of nitrogens with zero attached hydrogens (tertiary/aromatic N) is 2. The first-order valence-corrected chi connectivity index (χ1v) is 8.95. The number of benzene rings is 1. The molecule has 0 saturated heterocycles. The Labute approximate surface area is 183 Å². The Morgan fingerprint density at radius 3 is 2.46 bits per heavy atom. The first-order chi connectivity index (χ1) is 13.0. The predicted octanol–water partition coefficient (Wildman–Crippen LogP) is 3.76. The molecule has 1 atom stereocenters. The van der Waals surface area contributed by atoms with Gasteiger partial charge < -0.3 is 20.1 Å². The normalized spacial score (nSPS) is 12.1. The SMILES string of the molecule is CN=C(NCc1ccc(OC(C)C)nc1)NCC(C)Oc1ccccc1F.I. The predicted molar refractivity (Wildman–Crippen MR) is 120 cm³/mol. The van der Waals surface area contributed by atoms with Gasteiger partial charge in [-0.25, -0.2) is 9.37 Å². The molecule has 2 aromatic rings. The van der Waals surface area contributed by atoms with E-state index in [-0.39, 0.29) is 47.8 Å². The molecule has 0 amide bonds. The van der Waals surface area contributed by atoms with Gasteiger partial charge >= 0.3 is 0 Å². The highest BCUT2D eigenvalue weighted by molar-refractivity contribution is 14.0. The lowest BCUT2D eigenvalue weighted by molar-refractivity contribution is 0.214. The largest absolute Gasteiger partial charge is 0.486 e. The highest BCUT2D eigenvalue weighted by Crippen LogP contribution is 2.16. The second-order valence-corrected chi connectivity index (χ2v) is 6.34. The molecule has 2 N–H and O–H groups in total. The monoisotopic (exact) mass is 502 g/mol. The Balaban J connectivity index is 0.00000392. The van der Waals surface area contributed by atoms with E-state index in [9.17, 15) is 4.39 Å². The van der Waals surface area contributed by atoms with Crippen LogP contribution < -0.4 is 20.1 Å². The Morgan fingerprint density at radius 1 is 1.11 bits per heavy atom. The number of rotatable bonds is 8. The topological polar surface area (TPSA) is 67.8 Å². The molecule has 1 aromatic heterocycles. The van der Waals surface area contributed by atoms with Crippen LogP contribution in [0, 0.1) is 5.82 Å². The van der Waals surface area contributed by atoms with Crippen LogP contribution in [-0.4, -0.2) is 36.7 Å². The zero-order valence-electron chi connectivity index (χ0n) is 16.6. The van der Waals surface area contributed by atoms with E-state index in [0.717, 1.165) is 5.56 Å². The number of aliphatic imine (C=N–C) groups is 1. The van der Waals surface area contributed by atoms with E-state index in [0.29, 0.717) is 24.9 Å². The van der Waals surface area contributed by atoms with Crippen molar-refractivity contribution in [1.29, 1.82) is 0 Å². The van der Waals surface area contributed by atoms with Gasteiger partial charge in [0.05, 0.1) is 12.6 Å². The first kappa shape index (κ1) is 23.9. The van der Waals surface area contributed by atoms with Crippen molar-refractivity contribution < 1.29 is 13.9 Å². The lowest BCUT2D eigenvalue weighted by Gasteiger charge is -2.18. The summed E-state index contributed by atoms with van der Waals surface area (Å²) in [6.07, 6.45) is 1.63. The van der Waals surface area contributed by atoms with Gasteiger partial charge in [-0.05, 0) is 38.5 Å². The number of guanidine groups is 1. The third-order valence-electron chi connectivity index (χ3n) is 3.56. The molecule has 0 aliphatic heterocycles. The van der Waals surface area contributed by atoms with Crippen LogP contribution in [0.1, 0.15) is 26.3 Å². The molecule has 0 spiro atoms. The summed E-state index contributed by atoms with van der Waals surface area (Å²) in [6, 6.07) is 10.2. The highest BCUT2D eigenvalue weighted by atomic mass is 127. The fourth-order valence-electron chi connectivity index (χ4n) is 2.27. The van der Waals surface area contributed by atoms with Crippen LogP contribution in [-0.2, 0) is 6.54 Å². The van der Waals surface area contributed by atoms with E-state index in [2.05, 4.69) is 20.6 Å². The summed E-state index contributed by atoms with van der Waals surface area (Å²) in [5, 5.41) is 6.37. The van der Waals surface area contributed by atoms with Crippen molar-refractivity contribution in [1.82, 2.24) is 15.6 Å². The molecule has 0 radical (unpaired) electrons. The van der Waals surface area contributed by atoms with Crippen LogP contribution >= 0.6 is 24.0 Å². The number of hydrogen-bond acceptors (Lipinski definition) is 4. The van der Waals surface area contributed by atoms with Gasteiger partial charge in [0, 0.05) is 25.9 Å². The van der Waals surface area contributed by atoms with Gasteiger partial charge in [0.15, 0.2) is 17.5 Å². The van der Waals surface area contributed by atoms with E-state index in [4.69, 9.17) is 9.47 Å². The molecule has 154 valence electrons. The summed E-state index contributed by atoms with van der Waals surface area (Å²) in [6.45, 7) is 6.84. The molecule has 0 fully saturated rings. The number of halogens is 2. The standard InChI is InChI=1S/C20H27FN4O2.HI/c1-14(2)26-19-10-9-16(12-23-19)13-25-20(22-4)24-11-15(3)27-18-8-6-5-7-17(18)21;/h5-10,12,14-15H,11,13H2,1-4H3,(H2,22,24,25);1H. The van der Waals surface area contributed by atoms with Crippen molar-refractivity contribution in [2.24, 2.45) is 4.99 Å². The van der Waals surface area contributed by atoms with Crippen molar-refractivity contribution in [2.45, 2.75) is 39.5 Å². The molecule has 1 heterocycles. The molecule has 0 aliphatic rings. The Hall–Kier alpha value is -2.10. The second-order valence-electron chi connectivity index (χ2n) is 6.34. The maximum Gasteiger partial charge on any atom is 0.213 e. The van der Waals surface area contributed by atoms with Crippen molar-refractivity contribution in [3.63, 3.8) is 0 Å². The van der Waals surface area contributed by atoms with Crippen LogP contribution in [0.15, 0.2) is 47.6 Å². The molecule has 6 nitrogen and oxygen atoms in total. The fourth-order valence-corrected chi connectivity index (χ4v) is 2.27. The molecule has 1 aromatic carbocycles. The smallest absolute Gasteiger partial charge is 0.213 e. The van der Waals surface area contributed by atoms with Crippen LogP contribution in [0.2, 0.25) is 0 Å². The summed E-state index contributed by atoms with van der Waals surface area (Å²) in [5.74, 6) is 1.10. The summed E-state index contributed by atoms with van der Waals surface area (Å²) in [7, 11) is 1.69. The molecular formula is C20H28FIN4O2. The fraction of sp³-hybridized carbons (Fsp3) is 0.400. The highest BCUT2D eigenvalue weighted by Gasteiger charge is 2.09.